The minimum absolute atomic E-state index is 0.642. The van der Waals surface area contributed by atoms with E-state index in [1.807, 2.05) is 24.3 Å². The van der Waals surface area contributed by atoms with Gasteiger partial charge in [0.15, 0.2) is 0 Å². The second-order valence-electron chi connectivity index (χ2n) is 3.10. The first-order chi connectivity index (χ1) is 7.06. The van der Waals surface area contributed by atoms with E-state index in [1.54, 1.807) is 6.20 Å². The number of halogens is 3. The van der Waals surface area contributed by atoms with Crippen LogP contribution in [0.25, 0.3) is 10.9 Å². The van der Waals surface area contributed by atoms with E-state index in [2.05, 4.69) is 4.98 Å². The number of para-hydroxylation sites is 1. The van der Waals surface area contributed by atoms with Crippen LogP contribution >= 0.6 is 11.8 Å². The van der Waals surface area contributed by atoms with Crippen molar-refractivity contribution in [2.45, 2.75) is 11.1 Å². The zero-order chi connectivity index (χ0) is 10.9. The number of nitrogens with one attached hydrogen (secondary N) is 1. The quantitative estimate of drug-likeness (QED) is 0.777. The van der Waals surface area contributed by atoms with Gasteiger partial charge < -0.3 is 4.98 Å². The summed E-state index contributed by atoms with van der Waals surface area (Å²) >= 11 is 0.807. The first kappa shape index (κ1) is 10.4. The maximum atomic E-state index is 12.0. The lowest BCUT2D eigenvalue weighted by Crippen LogP contribution is -2.10. The summed E-state index contributed by atoms with van der Waals surface area (Å²) in [6.07, 6.45) is -2.51. The van der Waals surface area contributed by atoms with Crippen LogP contribution in [0.2, 0.25) is 0 Å². The standard InChI is InChI=1S/C10H8F3NS/c11-10(12,13)6-15-9-5-14-8-4-2-1-3-7(8)9/h1-5,14H,6H2. The number of aromatic nitrogens is 1. The smallest absolute Gasteiger partial charge is 0.360 e. The number of alkyl halides is 3. The molecule has 5 heteroatoms. The zero-order valence-corrected chi connectivity index (χ0v) is 8.45. The van der Waals surface area contributed by atoms with Crippen molar-refractivity contribution >= 4 is 22.7 Å². The molecule has 0 bridgehead atoms. The SMILES string of the molecule is FC(F)(F)CSc1c[nH]c2ccccc12. The molecule has 0 aliphatic rings. The van der Waals surface area contributed by atoms with Gasteiger partial charge in [0.2, 0.25) is 0 Å². The van der Waals surface area contributed by atoms with Gasteiger partial charge in [-0.05, 0) is 6.07 Å². The molecule has 0 atom stereocenters. The number of benzene rings is 1. The molecular formula is C10H8F3NS. The van der Waals surface area contributed by atoms with Gasteiger partial charge in [-0.3, -0.25) is 0 Å². The van der Waals surface area contributed by atoms with Crippen LogP contribution in [-0.2, 0) is 0 Å². The van der Waals surface area contributed by atoms with Crippen LogP contribution in [0, 0.1) is 0 Å². The highest BCUT2D eigenvalue weighted by Crippen LogP contribution is 2.32. The topological polar surface area (TPSA) is 15.8 Å². The summed E-state index contributed by atoms with van der Waals surface area (Å²) in [7, 11) is 0. The third kappa shape index (κ3) is 2.47. The number of rotatable bonds is 2. The summed E-state index contributed by atoms with van der Waals surface area (Å²) in [6.45, 7) is 0. The molecule has 1 aromatic heterocycles. The minimum atomic E-state index is -4.12. The highest BCUT2D eigenvalue weighted by molar-refractivity contribution is 7.99. The van der Waals surface area contributed by atoms with Crippen LogP contribution in [0.5, 0.6) is 0 Å². The molecule has 1 aromatic carbocycles. The Labute approximate surface area is 88.7 Å². The van der Waals surface area contributed by atoms with Crippen molar-refractivity contribution in [3.8, 4) is 0 Å². The average Bonchev–Trinajstić information content (AvgIpc) is 2.57. The molecule has 80 valence electrons. The molecule has 1 nitrogen and oxygen atoms in total. The fraction of sp³-hybridized carbons (Fsp3) is 0.200. The van der Waals surface area contributed by atoms with Crippen molar-refractivity contribution in [2.75, 3.05) is 5.75 Å². The first-order valence-corrected chi connectivity index (χ1v) is 5.30. The van der Waals surface area contributed by atoms with E-state index in [0.29, 0.717) is 4.90 Å². The zero-order valence-electron chi connectivity index (χ0n) is 7.64. The predicted molar refractivity (Wildman–Crippen MR) is 55.1 cm³/mol. The van der Waals surface area contributed by atoms with Crippen molar-refractivity contribution in [1.29, 1.82) is 0 Å². The molecule has 15 heavy (non-hydrogen) atoms. The first-order valence-electron chi connectivity index (χ1n) is 4.32. The molecule has 1 heterocycles. The van der Waals surface area contributed by atoms with E-state index in [4.69, 9.17) is 0 Å². The maximum absolute atomic E-state index is 12.0. The maximum Gasteiger partial charge on any atom is 0.398 e. The van der Waals surface area contributed by atoms with Crippen LogP contribution < -0.4 is 0 Å². The summed E-state index contributed by atoms with van der Waals surface area (Å²) in [5.41, 5.74) is 0.863. The van der Waals surface area contributed by atoms with Crippen molar-refractivity contribution in [2.24, 2.45) is 0 Å². The van der Waals surface area contributed by atoms with E-state index in [0.717, 1.165) is 22.7 Å². The summed E-state index contributed by atoms with van der Waals surface area (Å²) in [5, 5.41) is 0.840. The summed E-state index contributed by atoms with van der Waals surface area (Å²) in [5.74, 6) is -0.852. The van der Waals surface area contributed by atoms with E-state index in [9.17, 15) is 13.2 Å². The van der Waals surface area contributed by atoms with E-state index in [-0.39, 0.29) is 0 Å². The third-order valence-electron chi connectivity index (χ3n) is 1.94. The molecule has 2 aromatic rings. The van der Waals surface area contributed by atoms with Gasteiger partial charge >= 0.3 is 6.18 Å². The van der Waals surface area contributed by atoms with Gasteiger partial charge in [-0.2, -0.15) is 13.2 Å². The van der Waals surface area contributed by atoms with Crippen molar-refractivity contribution in [1.82, 2.24) is 4.98 Å². The van der Waals surface area contributed by atoms with Crippen molar-refractivity contribution in [3.05, 3.63) is 30.5 Å². The number of hydrogen-bond acceptors (Lipinski definition) is 1. The van der Waals surface area contributed by atoms with Crippen LogP contribution in [0.3, 0.4) is 0 Å². The van der Waals surface area contributed by atoms with Crippen LogP contribution in [0.4, 0.5) is 13.2 Å². The van der Waals surface area contributed by atoms with Gasteiger partial charge in [0.1, 0.15) is 0 Å². The summed E-state index contributed by atoms with van der Waals surface area (Å²) < 4.78 is 36.0. The third-order valence-corrected chi connectivity index (χ3v) is 3.06. The average molecular weight is 231 g/mol. The molecule has 0 aliphatic heterocycles. The number of thioether (sulfide) groups is 1. The van der Waals surface area contributed by atoms with Gasteiger partial charge in [-0.1, -0.05) is 18.2 Å². The van der Waals surface area contributed by atoms with E-state index >= 15 is 0 Å². The molecule has 0 saturated carbocycles. The fourth-order valence-corrected chi connectivity index (χ4v) is 2.12. The van der Waals surface area contributed by atoms with Crippen molar-refractivity contribution in [3.63, 3.8) is 0 Å². The van der Waals surface area contributed by atoms with Crippen LogP contribution in [0.1, 0.15) is 0 Å². The summed E-state index contributed by atoms with van der Waals surface area (Å²) in [4.78, 5) is 3.58. The molecule has 2 rings (SSSR count). The van der Waals surface area contributed by atoms with Gasteiger partial charge in [-0.15, -0.1) is 11.8 Å². The second-order valence-corrected chi connectivity index (χ2v) is 4.12. The molecule has 0 aliphatic carbocycles. The number of H-pyrrole nitrogens is 1. The normalized spacial score (nSPS) is 12.2. The Morgan fingerprint density at radius 3 is 2.67 bits per heavy atom. The minimum Gasteiger partial charge on any atom is -0.360 e. The Kier molecular flexibility index (Phi) is 2.65. The lowest BCUT2D eigenvalue weighted by Gasteiger charge is -2.04. The lowest BCUT2D eigenvalue weighted by atomic mass is 10.2. The van der Waals surface area contributed by atoms with E-state index in [1.165, 1.54) is 0 Å². The van der Waals surface area contributed by atoms with Crippen molar-refractivity contribution < 1.29 is 13.2 Å². The fourth-order valence-electron chi connectivity index (χ4n) is 1.32. The monoisotopic (exact) mass is 231 g/mol. The highest BCUT2D eigenvalue weighted by Gasteiger charge is 2.27. The Morgan fingerprint density at radius 2 is 1.93 bits per heavy atom. The molecule has 0 unspecified atom stereocenters. The molecule has 1 N–H and O–H groups in total. The lowest BCUT2D eigenvalue weighted by molar-refractivity contribution is -0.105. The van der Waals surface area contributed by atoms with Crippen LogP contribution in [0.15, 0.2) is 35.4 Å². The van der Waals surface area contributed by atoms with Gasteiger partial charge in [-0.25, -0.2) is 0 Å². The Bertz CT molecular complexity index is 461. The molecule has 0 amide bonds. The highest BCUT2D eigenvalue weighted by atomic mass is 32.2. The number of fused-ring (bicyclic) bond motifs is 1. The molecule has 0 fully saturated rings. The predicted octanol–water partition coefficient (Wildman–Crippen LogP) is 3.82. The largest absolute Gasteiger partial charge is 0.398 e. The molecular weight excluding hydrogens is 223 g/mol. The van der Waals surface area contributed by atoms with Gasteiger partial charge in [0.05, 0.1) is 5.75 Å². The Hall–Kier alpha value is -1.10. The Morgan fingerprint density at radius 1 is 1.20 bits per heavy atom. The van der Waals surface area contributed by atoms with E-state index < -0.39 is 11.9 Å². The molecule has 0 spiro atoms. The number of hydrogen-bond donors (Lipinski definition) is 1. The molecule has 0 saturated heterocycles. The van der Waals surface area contributed by atoms with Crippen LogP contribution in [-0.4, -0.2) is 16.9 Å². The number of aromatic amines is 1. The van der Waals surface area contributed by atoms with Gasteiger partial charge in [0.25, 0.3) is 0 Å². The molecule has 0 radical (unpaired) electrons. The Balaban J connectivity index is 2.22. The van der Waals surface area contributed by atoms with Gasteiger partial charge in [0, 0.05) is 22.0 Å². The second kappa shape index (κ2) is 3.81. The summed E-state index contributed by atoms with van der Waals surface area (Å²) in [6, 6.07) is 7.31.